The maximum Gasteiger partial charge on any atom is 0.147 e. The predicted molar refractivity (Wildman–Crippen MR) is 53.8 cm³/mol. The van der Waals surface area contributed by atoms with Crippen LogP contribution in [-0.2, 0) is 12.9 Å². The Morgan fingerprint density at radius 2 is 1.92 bits per heavy atom. The molecule has 4 heteroatoms. The largest absolute Gasteiger partial charge is 0.317 e. The molecule has 1 aromatic rings. The van der Waals surface area contributed by atoms with Crippen molar-refractivity contribution in [2.24, 2.45) is 13.0 Å². The van der Waals surface area contributed by atoms with Gasteiger partial charge >= 0.3 is 0 Å². The third kappa shape index (κ3) is 2.02. The lowest BCUT2D eigenvalue weighted by molar-refractivity contribution is 0.494. The van der Waals surface area contributed by atoms with Crippen molar-refractivity contribution in [1.29, 1.82) is 0 Å². The van der Waals surface area contributed by atoms with E-state index in [1.54, 1.807) is 0 Å². The van der Waals surface area contributed by atoms with E-state index in [1.807, 2.05) is 11.6 Å². The van der Waals surface area contributed by atoms with Crippen LogP contribution in [0.2, 0.25) is 0 Å². The average molecular weight is 202 g/mol. The van der Waals surface area contributed by atoms with Crippen molar-refractivity contribution >= 4 is 11.6 Å². The van der Waals surface area contributed by atoms with Crippen LogP contribution in [0.3, 0.4) is 0 Å². The summed E-state index contributed by atoms with van der Waals surface area (Å²) in [7, 11) is 1.96. The molecule has 0 saturated heterocycles. The molecule has 0 N–H and O–H groups in total. The van der Waals surface area contributed by atoms with Gasteiger partial charge in [-0.2, -0.15) is 0 Å². The fraction of sp³-hybridized carbons (Fsp3) is 0.778. The molecule has 0 amide bonds. The van der Waals surface area contributed by atoms with Crippen LogP contribution in [0.1, 0.15) is 38.3 Å². The van der Waals surface area contributed by atoms with Crippen molar-refractivity contribution in [3.63, 3.8) is 0 Å². The molecule has 1 unspecified atom stereocenters. The monoisotopic (exact) mass is 201 g/mol. The molecule has 0 spiro atoms. The molecule has 1 atom stereocenters. The quantitative estimate of drug-likeness (QED) is 0.703. The molecule has 1 rings (SSSR count). The Balaban J connectivity index is 2.95. The summed E-state index contributed by atoms with van der Waals surface area (Å²) >= 11 is 5.71. The second-order valence-corrected chi connectivity index (χ2v) is 3.97. The van der Waals surface area contributed by atoms with Crippen LogP contribution < -0.4 is 0 Å². The van der Waals surface area contributed by atoms with E-state index in [1.165, 1.54) is 0 Å². The normalized spacial score (nSPS) is 13.7. The van der Waals surface area contributed by atoms with Crippen molar-refractivity contribution in [2.75, 3.05) is 0 Å². The lowest BCUT2D eigenvalue weighted by Gasteiger charge is -2.14. The first-order chi connectivity index (χ1) is 6.07. The van der Waals surface area contributed by atoms with Gasteiger partial charge in [-0.05, 0) is 5.92 Å². The second-order valence-electron chi connectivity index (χ2n) is 3.70. The van der Waals surface area contributed by atoms with Gasteiger partial charge in [-0.1, -0.05) is 20.8 Å². The molecular formula is C9H16ClN3. The Hall–Kier alpha value is -0.570. The highest BCUT2D eigenvalue weighted by molar-refractivity contribution is 6.16. The summed E-state index contributed by atoms with van der Waals surface area (Å²) in [6.07, 6.45) is 0. The first kappa shape index (κ1) is 10.5. The Labute approximate surface area is 84.1 Å². The molecule has 3 nitrogen and oxygen atoms in total. The molecular weight excluding hydrogens is 186 g/mol. The van der Waals surface area contributed by atoms with Gasteiger partial charge in [0.05, 0.1) is 5.88 Å². The number of hydrogen-bond donors (Lipinski definition) is 0. The number of aromatic nitrogens is 3. The minimum atomic E-state index is 0.425. The van der Waals surface area contributed by atoms with Crippen LogP contribution in [0.25, 0.3) is 0 Å². The van der Waals surface area contributed by atoms with Crippen LogP contribution in [0.4, 0.5) is 0 Å². The Kier molecular flexibility index (Phi) is 3.31. The number of halogens is 1. The van der Waals surface area contributed by atoms with Crippen molar-refractivity contribution < 1.29 is 0 Å². The standard InChI is InChI=1S/C9H16ClN3/c1-6(2)7(3)9-12-11-8(5-10)13(9)4/h6-7H,5H2,1-4H3. The van der Waals surface area contributed by atoms with Crippen molar-refractivity contribution in [2.45, 2.75) is 32.6 Å². The Morgan fingerprint density at radius 3 is 2.31 bits per heavy atom. The zero-order valence-electron chi connectivity index (χ0n) is 8.58. The predicted octanol–water partition coefficient (Wildman–Crippen LogP) is 2.31. The van der Waals surface area contributed by atoms with E-state index in [9.17, 15) is 0 Å². The van der Waals surface area contributed by atoms with Gasteiger partial charge in [0.1, 0.15) is 11.6 Å². The molecule has 74 valence electrons. The molecule has 0 bridgehead atoms. The highest BCUT2D eigenvalue weighted by Gasteiger charge is 2.17. The summed E-state index contributed by atoms with van der Waals surface area (Å²) in [4.78, 5) is 0. The summed E-state index contributed by atoms with van der Waals surface area (Å²) in [6.45, 7) is 6.52. The van der Waals surface area contributed by atoms with Gasteiger partial charge in [0.25, 0.3) is 0 Å². The molecule has 0 radical (unpaired) electrons. The smallest absolute Gasteiger partial charge is 0.147 e. The van der Waals surface area contributed by atoms with Crippen LogP contribution in [0.15, 0.2) is 0 Å². The molecule has 1 heterocycles. The highest BCUT2D eigenvalue weighted by atomic mass is 35.5. The summed E-state index contributed by atoms with van der Waals surface area (Å²) in [5.41, 5.74) is 0. The van der Waals surface area contributed by atoms with Gasteiger partial charge in [0.15, 0.2) is 0 Å². The van der Waals surface area contributed by atoms with Crippen LogP contribution in [0, 0.1) is 5.92 Å². The first-order valence-corrected chi connectivity index (χ1v) is 5.05. The number of rotatable bonds is 3. The molecule has 0 aromatic carbocycles. The third-order valence-corrected chi connectivity index (χ3v) is 2.76. The minimum Gasteiger partial charge on any atom is -0.317 e. The van der Waals surface area contributed by atoms with Gasteiger partial charge in [0, 0.05) is 13.0 Å². The first-order valence-electron chi connectivity index (χ1n) is 4.52. The third-order valence-electron chi connectivity index (χ3n) is 2.53. The Bertz CT molecular complexity index is 280. The molecule has 0 saturated carbocycles. The zero-order chi connectivity index (χ0) is 10.0. The molecule has 0 aliphatic carbocycles. The zero-order valence-corrected chi connectivity index (χ0v) is 9.34. The number of alkyl halides is 1. The molecule has 0 fully saturated rings. The van der Waals surface area contributed by atoms with E-state index in [4.69, 9.17) is 11.6 Å². The molecule has 13 heavy (non-hydrogen) atoms. The van der Waals surface area contributed by atoms with E-state index in [2.05, 4.69) is 31.0 Å². The molecule has 0 aliphatic rings. The fourth-order valence-corrected chi connectivity index (χ4v) is 1.42. The summed E-state index contributed by atoms with van der Waals surface area (Å²) in [5, 5.41) is 8.15. The summed E-state index contributed by atoms with van der Waals surface area (Å²) in [5.74, 6) is 3.28. The maximum atomic E-state index is 5.71. The van der Waals surface area contributed by atoms with Gasteiger partial charge < -0.3 is 4.57 Å². The minimum absolute atomic E-state index is 0.425. The maximum absolute atomic E-state index is 5.71. The van der Waals surface area contributed by atoms with Crippen molar-refractivity contribution in [3.8, 4) is 0 Å². The van der Waals surface area contributed by atoms with Crippen molar-refractivity contribution in [1.82, 2.24) is 14.8 Å². The van der Waals surface area contributed by atoms with E-state index in [0.717, 1.165) is 11.6 Å². The lowest BCUT2D eigenvalue weighted by atomic mass is 9.97. The van der Waals surface area contributed by atoms with Crippen LogP contribution in [0.5, 0.6) is 0 Å². The summed E-state index contributed by atoms with van der Waals surface area (Å²) < 4.78 is 1.98. The van der Waals surface area contributed by atoms with E-state index in [0.29, 0.717) is 17.7 Å². The summed E-state index contributed by atoms with van der Waals surface area (Å²) in [6, 6.07) is 0. The second kappa shape index (κ2) is 4.09. The topological polar surface area (TPSA) is 30.7 Å². The average Bonchev–Trinajstić information content (AvgIpc) is 2.45. The molecule has 0 aliphatic heterocycles. The SMILES string of the molecule is CC(C)C(C)c1nnc(CCl)n1C. The van der Waals surface area contributed by atoms with E-state index < -0.39 is 0 Å². The fourth-order valence-electron chi connectivity index (χ4n) is 1.19. The van der Waals surface area contributed by atoms with Gasteiger partial charge in [-0.25, -0.2) is 0 Å². The van der Waals surface area contributed by atoms with Crippen LogP contribution in [-0.4, -0.2) is 14.8 Å². The van der Waals surface area contributed by atoms with E-state index >= 15 is 0 Å². The van der Waals surface area contributed by atoms with Gasteiger partial charge in [-0.15, -0.1) is 21.8 Å². The van der Waals surface area contributed by atoms with Crippen molar-refractivity contribution in [3.05, 3.63) is 11.6 Å². The highest BCUT2D eigenvalue weighted by Crippen LogP contribution is 2.21. The lowest BCUT2D eigenvalue weighted by Crippen LogP contribution is -2.09. The number of hydrogen-bond acceptors (Lipinski definition) is 2. The van der Waals surface area contributed by atoms with Crippen LogP contribution >= 0.6 is 11.6 Å². The van der Waals surface area contributed by atoms with Gasteiger partial charge in [0.2, 0.25) is 0 Å². The molecule has 1 aromatic heterocycles. The van der Waals surface area contributed by atoms with Gasteiger partial charge in [-0.3, -0.25) is 0 Å². The van der Waals surface area contributed by atoms with E-state index in [-0.39, 0.29) is 0 Å². The number of nitrogens with zero attached hydrogens (tertiary/aromatic N) is 3. The Morgan fingerprint density at radius 1 is 1.31 bits per heavy atom.